The van der Waals surface area contributed by atoms with Crippen molar-refractivity contribution in [3.63, 3.8) is 0 Å². The molecule has 1 N–H and O–H groups in total. The Morgan fingerprint density at radius 3 is 2.71 bits per heavy atom. The van der Waals surface area contributed by atoms with Crippen LogP contribution in [-0.2, 0) is 7.05 Å². The summed E-state index contributed by atoms with van der Waals surface area (Å²) in [4.78, 5) is 20.9. The quantitative estimate of drug-likeness (QED) is 0.913. The van der Waals surface area contributed by atoms with Crippen LogP contribution in [0.1, 0.15) is 48.2 Å². The Morgan fingerprint density at radius 2 is 2.14 bits per heavy atom. The molecule has 2 rings (SSSR count). The molecular formula is C15H21N5O. The second kappa shape index (κ2) is 6.47. The molecule has 1 atom stereocenters. The lowest BCUT2D eigenvalue weighted by Gasteiger charge is -2.20. The molecule has 2 aromatic heterocycles. The first-order valence-electron chi connectivity index (χ1n) is 7.05. The van der Waals surface area contributed by atoms with Crippen LogP contribution in [-0.4, -0.2) is 25.7 Å². The van der Waals surface area contributed by atoms with Gasteiger partial charge in [0.15, 0.2) is 0 Å². The minimum atomic E-state index is -0.162. The molecule has 0 saturated heterocycles. The van der Waals surface area contributed by atoms with E-state index >= 15 is 0 Å². The Balaban J connectivity index is 2.22. The van der Waals surface area contributed by atoms with Crippen molar-refractivity contribution in [2.45, 2.75) is 33.2 Å². The van der Waals surface area contributed by atoms with E-state index in [9.17, 15) is 4.79 Å². The molecule has 0 spiro atoms. The minimum Gasteiger partial charge on any atom is -0.342 e. The van der Waals surface area contributed by atoms with Gasteiger partial charge in [-0.25, -0.2) is 4.98 Å². The number of hydrogen-bond donors (Lipinski definition) is 1. The molecule has 112 valence electrons. The summed E-state index contributed by atoms with van der Waals surface area (Å²) >= 11 is 0. The Labute approximate surface area is 124 Å². The molecule has 6 nitrogen and oxygen atoms in total. The van der Waals surface area contributed by atoms with Gasteiger partial charge in [0.05, 0.1) is 11.6 Å². The van der Waals surface area contributed by atoms with Crippen molar-refractivity contribution in [2.24, 2.45) is 13.0 Å². The summed E-state index contributed by atoms with van der Waals surface area (Å²) in [5.41, 5.74) is 1.31. The lowest BCUT2D eigenvalue weighted by molar-refractivity contribution is 0.0928. The number of aryl methyl sites for hydroxylation is 2. The highest BCUT2D eigenvalue weighted by Crippen LogP contribution is 2.19. The lowest BCUT2D eigenvalue weighted by Crippen LogP contribution is -2.32. The zero-order valence-corrected chi connectivity index (χ0v) is 12.9. The van der Waals surface area contributed by atoms with Gasteiger partial charge in [-0.05, 0) is 31.4 Å². The fourth-order valence-electron chi connectivity index (χ4n) is 2.28. The minimum absolute atomic E-state index is 0.130. The molecule has 21 heavy (non-hydrogen) atoms. The fraction of sp³-hybridized carbons (Fsp3) is 0.467. The van der Waals surface area contributed by atoms with Crippen molar-refractivity contribution < 1.29 is 4.79 Å². The Morgan fingerprint density at radius 1 is 1.38 bits per heavy atom. The van der Waals surface area contributed by atoms with E-state index in [1.54, 1.807) is 23.0 Å². The molecule has 1 amide bonds. The van der Waals surface area contributed by atoms with E-state index in [0.29, 0.717) is 11.5 Å². The van der Waals surface area contributed by atoms with Crippen molar-refractivity contribution in [1.29, 1.82) is 0 Å². The molecule has 6 heteroatoms. The van der Waals surface area contributed by atoms with E-state index in [4.69, 9.17) is 0 Å². The molecule has 0 aliphatic heterocycles. The van der Waals surface area contributed by atoms with E-state index < -0.39 is 0 Å². The average Bonchev–Trinajstić information content (AvgIpc) is 2.84. The summed E-state index contributed by atoms with van der Waals surface area (Å²) in [6.45, 7) is 6.06. The van der Waals surface area contributed by atoms with Crippen molar-refractivity contribution in [1.82, 2.24) is 25.1 Å². The number of carbonyl (C=O) groups is 1. The Bertz CT molecular complexity index is 620. The highest BCUT2D eigenvalue weighted by Gasteiger charge is 2.21. The van der Waals surface area contributed by atoms with Gasteiger partial charge >= 0.3 is 0 Å². The van der Waals surface area contributed by atoms with Crippen LogP contribution in [0.15, 0.2) is 24.7 Å². The molecule has 0 fully saturated rings. The number of hydrogen-bond acceptors (Lipinski definition) is 4. The van der Waals surface area contributed by atoms with Crippen LogP contribution in [0, 0.1) is 12.8 Å². The third-order valence-electron chi connectivity index (χ3n) is 3.32. The smallest absolute Gasteiger partial charge is 0.253 e. The van der Waals surface area contributed by atoms with Gasteiger partial charge in [-0.15, -0.1) is 0 Å². The molecule has 0 aromatic carbocycles. The SMILES string of the molecule is Cc1ncccc1C(=O)NC(CC(C)C)c1ncnn1C. The summed E-state index contributed by atoms with van der Waals surface area (Å²) in [7, 11) is 1.83. The molecule has 1 unspecified atom stereocenters. The normalized spacial score (nSPS) is 12.4. The summed E-state index contributed by atoms with van der Waals surface area (Å²) in [5, 5.41) is 7.13. The third-order valence-corrected chi connectivity index (χ3v) is 3.32. The first-order valence-corrected chi connectivity index (χ1v) is 7.05. The molecule has 0 aliphatic rings. The van der Waals surface area contributed by atoms with Gasteiger partial charge < -0.3 is 5.32 Å². The first-order chi connectivity index (χ1) is 9.99. The van der Waals surface area contributed by atoms with E-state index in [0.717, 1.165) is 17.9 Å². The Hall–Kier alpha value is -2.24. The van der Waals surface area contributed by atoms with Crippen molar-refractivity contribution >= 4 is 5.91 Å². The number of aromatic nitrogens is 4. The predicted octanol–water partition coefficient (Wildman–Crippen LogP) is 2.04. The maximum absolute atomic E-state index is 12.5. The van der Waals surface area contributed by atoms with Crippen LogP contribution in [0.25, 0.3) is 0 Å². The van der Waals surface area contributed by atoms with E-state index in [-0.39, 0.29) is 11.9 Å². The molecule has 0 radical (unpaired) electrons. The highest BCUT2D eigenvalue weighted by atomic mass is 16.1. The number of nitrogens with zero attached hydrogens (tertiary/aromatic N) is 4. The number of nitrogens with one attached hydrogen (secondary N) is 1. The van der Waals surface area contributed by atoms with Crippen LogP contribution in [0.3, 0.4) is 0 Å². The van der Waals surface area contributed by atoms with E-state index in [1.807, 2.05) is 14.0 Å². The summed E-state index contributed by atoms with van der Waals surface area (Å²) in [6.07, 6.45) is 3.99. The van der Waals surface area contributed by atoms with Crippen molar-refractivity contribution in [2.75, 3.05) is 0 Å². The first kappa shape index (κ1) is 15.2. The molecule has 2 heterocycles. The van der Waals surface area contributed by atoms with E-state index in [1.165, 1.54) is 6.33 Å². The molecule has 0 aliphatic carbocycles. The molecular weight excluding hydrogens is 266 g/mol. The van der Waals surface area contributed by atoms with Crippen LogP contribution in [0.2, 0.25) is 0 Å². The van der Waals surface area contributed by atoms with Gasteiger partial charge in [0, 0.05) is 18.9 Å². The van der Waals surface area contributed by atoms with Gasteiger partial charge in [-0.3, -0.25) is 14.5 Å². The molecule has 2 aromatic rings. The third kappa shape index (κ3) is 3.65. The fourth-order valence-corrected chi connectivity index (χ4v) is 2.28. The summed E-state index contributed by atoms with van der Waals surface area (Å²) in [5.74, 6) is 1.06. The van der Waals surface area contributed by atoms with Gasteiger partial charge in [0.1, 0.15) is 12.2 Å². The second-order valence-corrected chi connectivity index (χ2v) is 5.53. The second-order valence-electron chi connectivity index (χ2n) is 5.53. The van der Waals surface area contributed by atoms with Gasteiger partial charge in [0.2, 0.25) is 0 Å². The number of carbonyl (C=O) groups excluding carboxylic acids is 1. The maximum Gasteiger partial charge on any atom is 0.253 e. The van der Waals surface area contributed by atoms with Crippen LogP contribution in [0.5, 0.6) is 0 Å². The monoisotopic (exact) mass is 287 g/mol. The molecule has 0 bridgehead atoms. The van der Waals surface area contributed by atoms with E-state index in [2.05, 4.69) is 34.2 Å². The zero-order valence-electron chi connectivity index (χ0n) is 12.9. The number of pyridine rings is 1. The van der Waals surface area contributed by atoms with Crippen molar-refractivity contribution in [3.8, 4) is 0 Å². The predicted molar refractivity (Wildman–Crippen MR) is 79.6 cm³/mol. The largest absolute Gasteiger partial charge is 0.342 e. The van der Waals surface area contributed by atoms with Crippen molar-refractivity contribution in [3.05, 3.63) is 41.7 Å². The number of rotatable bonds is 5. The summed E-state index contributed by atoms with van der Waals surface area (Å²) in [6, 6.07) is 3.38. The van der Waals surface area contributed by atoms with Gasteiger partial charge in [-0.1, -0.05) is 13.8 Å². The van der Waals surface area contributed by atoms with Crippen LogP contribution >= 0.6 is 0 Å². The Kier molecular flexibility index (Phi) is 4.67. The average molecular weight is 287 g/mol. The summed E-state index contributed by atoms with van der Waals surface area (Å²) < 4.78 is 1.70. The number of amides is 1. The van der Waals surface area contributed by atoms with Crippen LogP contribution in [0.4, 0.5) is 0 Å². The topological polar surface area (TPSA) is 72.7 Å². The highest BCUT2D eigenvalue weighted by molar-refractivity contribution is 5.95. The van der Waals surface area contributed by atoms with Gasteiger partial charge in [-0.2, -0.15) is 5.10 Å². The molecule has 0 saturated carbocycles. The maximum atomic E-state index is 12.5. The standard InChI is InChI=1S/C15H21N5O/c1-10(2)8-13(14-17-9-18-20(14)4)19-15(21)12-6-5-7-16-11(12)3/h5-7,9-10,13H,8H2,1-4H3,(H,19,21). The van der Waals surface area contributed by atoms with Gasteiger partial charge in [0.25, 0.3) is 5.91 Å². The zero-order chi connectivity index (χ0) is 15.4. The van der Waals surface area contributed by atoms with Crippen LogP contribution < -0.4 is 5.32 Å². The lowest BCUT2D eigenvalue weighted by atomic mass is 10.0.